The number of hydrogen-bond acceptors (Lipinski definition) is 11. The molecule has 0 radical (unpaired) electrons. The number of carbonyl (C=O) groups excluding carboxylic acids is 3. The third kappa shape index (κ3) is 4.49. The van der Waals surface area contributed by atoms with Crippen molar-refractivity contribution in [3.05, 3.63) is 48.3 Å². The van der Waals surface area contributed by atoms with Gasteiger partial charge in [-0.2, -0.15) is 0 Å². The molecule has 11 heteroatoms. The molecule has 1 aliphatic heterocycles. The summed E-state index contributed by atoms with van der Waals surface area (Å²) in [5, 5.41) is 12.4. The van der Waals surface area contributed by atoms with Crippen LogP contribution in [0.3, 0.4) is 0 Å². The predicted octanol–water partition coefficient (Wildman–Crippen LogP) is 4.08. The fourth-order valence-electron chi connectivity index (χ4n) is 7.44. The average molecular weight is 575 g/mol. The normalized spacial score (nSPS) is 37.2. The zero-order valence-corrected chi connectivity index (χ0v) is 24.2. The molecule has 2 unspecified atom stereocenters. The Balaban J connectivity index is 1.69. The molecule has 3 fully saturated rings. The lowest BCUT2D eigenvalue weighted by atomic mass is 9.47. The largest absolute Gasteiger partial charge is 0.459 e. The van der Waals surface area contributed by atoms with Crippen LogP contribution in [0.25, 0.3) is 0 Å². The minimum Gasteiger partial charge on any atom is -0.459 e. The summed E-state index contributed by atoms with van der Waals surface area (Å²) in [5.74, 6) is -2.59. The number of carbonyl (C=O) groups is 3. The Morgan fingerprint density at radius 2 is 1.56 bits per heavy atom. The van der Waals surface area contributed by atoms with Crippen molar-refractivity contribution in [2.24, 2.45) is 11.3 Å². The molecule has 2 bridgehead atoms. The highest BCUT2D eigenvalue weighted by Crippen LogP contribution is 2.69. The van der Waals surface area contributed by atoms with Crippen molar-refractivity contribution in [3.63, 3.8) is 0 Å². The SMILES string of the molecule is CCCO[C@H]1C[C@](C)(O)C23OC(C)(C)C(C[C@H](OC(=O)c4ccco4)[C@]2(C)[C@H]1OC(C)=O)[C@H]3OC(=O)c1ccco1. The maximum atomic E-state index is 13.3. The molecule has 2 aromatic heterocycles. The van der Waals surface area contributed by atoms with E-state index in [4.69, 9.17) is 32.5 Å². The first-order valence-corrected chi connectivity index (χ1v) is 14.0. The number of rotatable bonds is 8. The lowest BCUT2D eigenvalue weighted by molar-refractivity contribution is -0.345. The molecule has 224 valence electrons. The summed E-state index contributed by atoms with van der Waals surface area (Å²) in [6, 6.07) is 6.11. The van der Waals surface area contributed by atoms with Gasteiger partial charge in [-0.05, 0) is 64.8 Å². The Kier molecular flexibility index (Phi) is 7.36. The summed E-state index contributed by atoms with van der Waals surface area (Å²) in [6.07, 6.45) is -0.239. The van der Waals surface area contributed by atoms with Crippen LogP contribution < -0.4 is 0 Å². The van der Waals surface area contributed by atoms with Crippen LogP contribution in [0.2, 0.25) is 0 Å². The van der Waals surface area contributed by atoms with Crippen molar-refractivity contribution in [2.45, 2.75) is 102 Å². The zero-order chi connectivity index (χ0) is 29.8. The van der Waals surface area contributed by atoms with Gasteiger partial charge in [-0.3, -0.25) is 4.79 Å². The molecule has 11 nitrogen and oxygen atoms in total. The van der Waals surface area contributed by atoms with Crippen molar-refractivity contribution in [3.8, 4) is 0 Å². The fourth-order valence-corrected chi connectivity index (χ4v) is 7.44. The Bertz CT molecular complexity index is 1260. The summed E-state index contributed by atoms with van der Waals surface area (Å²) in [5.41, 5.74) is -5.82. The molecule has 0 amide bonds. The van der Waals surface area contributed by atoms with E-state index in [0.717, 1.165) is 0 Å². The minimum absolute atomic E-state index is 0.00299. The van der Waals surface area contributed by atoms with E-state index in [1.807, 2.05) is 20.8 Å². The summed E-state index contributed by atoms with van der Waals surface area (Å²) < 4.78 is 41.9. The van der Waals surface area contributed by atoms with Crippen LogP contribution in [0.5, 0.6) is 0 Å². The maximum absolute atomic E-state index is 13.3. The Hall–Kier alpha value is -3.15. The Morgan fingerprint density at radius 3 is 2.10 bits per heavy atom. The third-order valence-corrected chi connectivity index (χ3v) is 9.10. The first-order valence-electron chi connectivity index (χ1n) is 14.0. The van der Waals surface area contributed by atoms with Crippen LogP contribution in [0.15, 0.2) is 45.6 Å². The molecule has 2 saturated carbocycles. The van der Waals surface area contributed by atoms with Crippen molar-refractivity contribution in [1.82, 2.24) is 0 Å². The van der Waals surface area contributed by atoms with Gasteiger partial charge in [-0.25, -0.2) is 9.59 Å². The van der Waals surface area contributed by atoms with E-state index in [1.54, 1.807) is 26.0 Å². The summed E-state index contributed by atoms with van der Waals surface area (Å²) >= 11 is 0. The summed E-state index contributed by atoms with van der Waals surface area (Å²) in [4.78, 5) is 39.2. The van der Waals surface area contributed by atoms with E-state index in [-0.39, 0.29) is 24.4 Å². The van der Waals surface area contributed by atoms with E-state index >= 15 is 0 Å². The standard InChI is InChI=1S/C30H38O11/c1-7-12-35-21-16-28(5,34)30-23(40-26(33)20-11-9-14-37-20)18(27(3,4)41-30)15-22(29(30,6)24(21)38-17(2)31)39-25(32)19-10-8-13-36-19/h8-11,13-14,18,21-24,34H,7,12,15-16H2,1-6H3/t18?,21-,22-,23+,24-,28-,29+,30?/m0/s1. The van der Waals surface area contributed by atoms with E-state index in [0.29, 0.717) is 13.0 Å². The number of esters is 3. The van der Waals surface area contributed by atoms with Gasteiger partial charge in [0.25, 0.3) is 0 Å². The molecule has 2 aromatic rings. The number of furan rings is 2. The van der Waals surface area contributed by atoms with Gasteiger partial charge >= 0.3 is 17.9 Å². The van der Waals surface area contributed by atoms with Gasteiger partial charge in [0.2, 0.25) is 11.5 Å². The third-order valence-electron chi connectivity index (χ3n) is 9.10. The molecule has 8 atom stereocenters. The van der Waals surface area contributed by atoms with E-state index < -0.39 is 70.5 Å². The maximum Gasteiger partial charge on any atom is 0.374 e. The second kappa shape index (κ2) is 10.3. The van der Waals surface area contributed by atoms with Crippen molar-refractivity contribution < 1.29 is 52.0 Å². The smallest absolute Gasteiger partial charge is 0.374 e. The van der Waals surface area contributed by atoms with Crippen LogP contribution >= 0.6 is 0 Å². The van der Waals surface area contributed by atoms with Gasteiger partial charge < -0.3 is 37.6 Å². The number of fused-ring (bicyclic) bond motifs is 1. The second-order valence-corrected chi connectivity index (χ2v) is 12.2. The highest BCUT2D eigenvalue weighted by atomic mass is 16.6. The summed E-state index contributed by atoms with van der Waals surface area (Å²) in [7, 11) is 0. The minimum atomic E-state index is -1.70. The molecule has 1 N–H and O–H groups in total. The molecule has 3 aliphatic rings. The number of ether oxygens (including phenoxy) is 5. The highest BCUT2D eigenvalue weighted by Gasteiger charge is 2.84. The lowest BCUT2D eigenvalue weighted by Gasteiger charge is -2.65. The topological polar surface area (TPSA) is 144 Å². The highest BCUT2D eigenvalue weighted by molar-refractivity contribution is 5.87. The van der Waals surface area contributed by atoms with Gasteiger partial charge in [0.1, 0.15) is 23.9 Å². The van der Waals surface area contributed by atoms with Crippen molar-refractivity contribution in [2.75, 3.05) is 6.61 Å². The molecule has 1 spiro atoms. The Morgan fingerprint density at radius 1 is 0.951 bits per heavy atom. The zero-order valence-electron chi connectivity index (χ0n) is 24.2. The van der Waals surface area contributed by atoms with Crippen molar-refractivity contribution >= 4 is 17.9 Å². The molecule has 5 rings (SSSR count). The fraction of sp³-hybridized carbons (Fsp3) is 0.633. The Labute approximate surface area is 238 Å². The van der Waals surface area contributed by atoms with Crippen LogP contribution in [-0.4, -0.2) is 70.8 Å². The van der Waals surface area contributed by atoms with E-state index in [2.05, 4.69) is 0 Å². The van der Waals surface area contributed by atoms with E-state index in [1.165, 1.54) is 31.6 Å². The molecule has 1 saturated heterocycles. The quantitative estimate of drug-likeness (QED) is 0.360. The second-order valence-electron chi connectivity index (χ2n) is 12.2. The molecule has 0 aromatic carbocycles. The van der Waals surface area contributed by atoms with E-state index in [9.17, 15) is 19.5 Å². The first kappa shape index (κ1) is 29.3. The van der Waals surface area contributed by atoms with Crippen LogP contribution in [0.1, 0.15) is 81.9 Å². The monoisotopic (exact) mass is 574 g/mol. The molecule has 41 heavy (non-hydrogen) atoms. The molecule has 2 aliphatic carbocycles. The van der Waals surface area contributed by atoms with Crippen LogP contribution in [0, 0.1) is 11.3 Å². The summed E-state index contributed by atoms with van der Waals surface area (Å²) in [6.45, 7) is 10.6. The lowest BCUT2D eigenvalue weighted by Crippen LogP contribution is -2.81. The van der Waals surface area contributed by atoms with Gasteiger partial charge in [-0.15, -0.1) is 0 Å². The first-order chi connectivity index (χ1) is 19.3. The predicted molar refractivity (Wildman–Crippen MR) is 141 cm³/mol. The van der Waals surface area contributed by atoms with Crippen LogP contribution in [-0.2, 0) is 28.5 Å². The number of aliphatic hydroxyl groups is 1. The van der Waals surface area contributed by atoms with Gasteiger partial charge in [0.15, 0.2) is 0 Å². The molecular formula is C30H38O11. The molecule has 3 heterocycles. The van der Waals surface area contributed by atoms with Gasteiger partial charge in [-0.1, -0.05) is 6.92 Å². The average Bonchev–Trinajstić information content (AvgIpc) is 3.64. The molecular weight excluding hydrogens is 536 g/mol. The van der Waals surface area contributed by atoms with Crippen LogP contribution in [0.4, 0.5) is 0 Å². The van der Waals surface area contributed by atoms with Crippen molar-refractivity contribution in [1.29, 1.82) is 0 Å². The van der Waals surface area contributed by atoms with Gasteiger partial charge in [0, 0.05) is 25.9 Å². The number of hydrogen-bond donors (Lipinski definition) is 1. The van der Waals surface area contributed by atoms with Gasteiger partial charge in [0.05, 0.1) is 35.2 Å².